The first kappa shape index (κ1) is 16.8. The molecule has 1 aromatic carbocycles. The number of halogens is 1. The van der Waals surface area contributed by atoms with Gasteiger partial charge in [0.05, 0.1) is 12.2 Å². The molecular formula is C17H21ClN4O2. The molecule has 3 rings (SSSR count). The van der Waals surface area contributed by atoms with Crippen LogP contribution in [0.2, 0.25) is 5.02 Å². The lowest BCUT2D eigenvalue weighted by atomic mass is 10.2. The first-order chi connectivity index (χ1) is 11.6. The third-order valence-electron chi connectivity index (χ3n) is 4.05. The SMILES string of the molecule is Cc1cc(CN2CCN(C(=O)NCc3cccc(Cl)c3)CC2)on1. The number of hydrogen-bond acceptors (Lipinski definition) is 4. The van der Waals surface area contributed by atoms with E-state index in [1.807, 2.05) is 42.2 Å². The molecule has 2 heterocycles. The largest absolute Gasteiger partial charge is 0.360 e. The molecule has 0 bridgehead atoms. The topological polar surface area (TPSA) is 61.6 Å². The molecule has 2 amide bonds. The Labute approximate surface area is 146 Å². The van der Waals surface area contributed by atoms with E-state index in [-0.39, 0.29) is 6.03 Å². The average Bonchev–Trinajstić information content (AvgIpc) is 2.98. The fraction of sp³-hybridized carbons (Fsp3) is 0.412. The van der Waals surface area contributed by atoms with E-state index in [9.17, 15) is 4.79 Å². The molecule has 7 heteroatoms. The Morgan fingerprint density at radius 2 is 2.08 bits per heavy atom. The van der Waals surface area contributed by atoms with E-state index in [1.54, 1.807) is 0 Å². The molecule has 1 aliphatic rings. The van der Waals surface area contributed by atoms with E-state index in [0.717, 1.165) is 36.7 Å². The minimum Gasteiger partial charge on any atom is -0.360 e. The lowest BCUT2D eigenvalue weighted by Crippen LogP contribution is -2.51. The van der Waals surface area contributed by atoms with Crippen LogP contribution < -0.4 is 5.32 Å². The average molecular weight is 349 g/mol. The summed E-state index contributed by atoms with van der Waals surface area (Å²) in [6.45, 7) is 6.18. The third kappa shape index (κ3) is 4.49. The molecular weight excluding hydrogens is 328 g/mol. The van der Waals surface area contributed by atoms with Gasteiger partial charge in [-0.2, -0.15) is 0 Å². The summed E-state index contributed by atoms with van der Waals surface area (Å²) < 4.78 is 5.24. The van der Waals surface area contributed by atoms with Crippen LogP contribution in [0.4, 0.5) is 4.79 Å². The molecule has 0 saturated carbocycles. The molecule has 128 valence electrons. The van der Waals surface area contributed by atoms with Crippen molar-refractivity contribution in [2.24, 2.45) is 0 Å². The molecule has 1 fully saturated rings. The van der Waals surface area contributed by atoms with Crippen molar-refractivity contribution in [3.8, 4) is 0 Å². The number of benzene rings is 1. The fourth-order valence-electron chi connectivity index (χ4n) is 2.76. The molecule has 0 spiro atoms. The molecule has 1 aliphatic heterocycles. The summed E-state index contributed by atoms with van der Waals surface area (Å²) in [6.07, 6.45) is 0. The molecule has 6 nitrogen and oxygen atoms in total. The Morgan fingerprint density at radius 3 is 2.75 bits per heavy atom. The number of hydrogen-bond donors (Lipinski definition) is 1. The summed E-state index contributed by atoms with van der Waals surface area (Å²) in [7, 11) is 0. The molecule has 0 atom stereocenters. The van der Waals surface area contributed by atoms with Gasteiger partial charge in [0.2, 0.25) is 0 Å². The van der Waals surface area contributed by atoms with E-state index in [0.29, 0.717) is 24.7 Å². The number of urea groups is 1. The van der Waals surface area contributed by atoms with E-state index in [1.165, 1.54) is 0 Å². The van der Waals surface area contributed by atoms with Crippen LogP contribution in [0.3, 0.4) is 0 Å². The Hall–Kier alpha value is -2.05. The van der Waals surface area contributed by atoms with Crippen LogP contribution in [0.15, 0.2) is 34.9 Å². The number of nitrogens with one attached hydrogen (secondary N) is 1. The van der Waals surface area contributed by atoms with Crippen molar-refractivity contribution in [2.75, 3.05) is 26.2 Å². The van der Waals surface area contributed by atoms with Gasteiger partial charge in [-0.1, -0.05) is 28.9 Å². The van der Waals surface area contributed by atoms with E-state index in [2.05, 4.69) is 15.4 Å². The van der Waals surface area contributed by atoms with Crippen LogP contribution in [0, 0.1) is 6.92 Å². The highest BCUT2D eigenvalue weighted by Crippen LogP contribution is 2.12. The monoisotopic (exact) mass is 348 g/mol. The minimum absolute atomic E-state index is 0.0369. The molecule has 2 aromatic rings. The summed E-state index contributed by atoms with van der Waals surface area (Å²) in [5.74, 6) is 0.867. The lowest BCUT2D eigenvalue weighted by molar-refractivity contribution is 0.128. The van der Waals surface area contributed by atoms with Crippen LogP contribution in [0.1, 0.15) is 17.0 Å². The Balaban J connectivity index is 1.43. The molecule has 1 aromatic heterocycles. The van der Waals surface area contributed by atoms with Crippen LogP contribution in [0.5, 0.6) is 0 Å². The number of aryl methyl sites for hydroxylation is 1. The maximum Gasteiger partial charge on any atom is 0.317 e. The zero-order chi connectivity index (χ0) is 16.9. The second-order valence-electron chi connectivity index (χ2n) is 5.99. The van der Waals surface area contributed by atoms with E-state index >= 15 is 0 Å². The highest BCUT2D eigenvalue weighted by Gasteiger charge is 2.21. The number of piperazine rings is 1. The molecule has 1 saturated heterocycles. The smallest absolute Gasteiger partial charge is 0.317 e. The third-order valence-corrected chi connectivity index (χ3v) is 4.28. The summed E-state index contributed by atoms with van der Waals surface area (Å²) in [6, 6.07) is 9.42. The van der Waals surface area contributed by atoms with E-state index in [4.69, 9.17) is 16.1 Å². The maximum atomic E-state index is 12.3. The van der Waals surface area contributed by atoms with Crippen molar-refractivity contribution in [1.29, 1.82) is 0 Å². The van der Waals surface area contributed by atoms with Crippen molar-refractivity contribution in [3.05, 3.63) is 52.4 Å². The first-order valence-electron chi connectivity index (χ1n) is 8.02. The van der Waals surface area contributed by atoms with Crippen molar-refractivity contribution in [1.82, 2.24) is 20.3 Å². The molecule has 1 N–H and O–H groups in total. The number of amides is 2. The van der Waals surface area contributed by atoms with Crippen LogP contribution in [-0.4, -0.2) is 47.2 Å². The summed E-state index contributed by atoms with van der Waals surface area (Å²) in [4.78, 5) is 16.4. The van der Waals surface area contributed by atoms with Gasteiger partial charge in [-0.05, 0) is 24.6 Å². The summed E-state index contributed by atoms with van der Waals surface area (Å²) in [5, 5.41) is 7.52. The van der Waals surface area contributed by atoms with Crippen molar-refractivity contribution in [2.45, 2.75) is 20.0 Å². The quantitative estimate of drug-likeness (QED) is 0.922. The predicted molar refractivity (Wildman–Crippen MR) is 91.8 cm³/mol. The van der Waals surface area contributed by atoms with Crippen molar-refractivity contribution in [3.63, 3.8) is 0 Å². The highest BCUT2D eigenvalue weighted by molar-refractivity contribution is 6.30. The fourth-order valence-corrected chi connectivity index (χ4v) is 2.97. The predicted octanol–water partition coefficient (Wildman–Crippen LogP) is 2.66. The molecule has 0 unspecified atom stereocenters. The highest BCUT2D eigenvalue weighted by atomic mass is 35.5. The Kier molecular flexibility index (Phi) is 5.37. The van der Waals surface area contributed by atoms with Crippen LogP contribution >= 0.6 is 11.6 Å². The van der Waals surface area contributed by atoms with Crippen molar-refractivity contribution >= 4 is 17.6 Å². The molecule has 24 heavy (non-hydrogen) atoms. The van der Waals surface area contributed by atoms with Crippen LogP contribution in [0.25, 0.3) is 0 Å². The van der Waals surface area contributed by atoms with E-state index < -0.39 is 0 Å². The minimum atomic E-state index is -0.0369. The number of carbonyl (C=O) groups excluding carboxylic acids is 1. The van der Waals surface area contributed by atoms with Gasteiger partial charge in [0.1, 0.15) is 0 Å². The number of rotatable bonds is 4. The van der Waals surface area contributed by atoms with Gasteiger partial charge >= 0.3 is 6.03 Å². The standard InChI is InChI=1S/C17H21ClN4O2/c1-13-9-16(24-20-13)12-21-5-7-22(8-6-21)17(23)19-11-14-3-2-4-15(18)10-14/h2-4,9-10H,5-8,11-12H2,1H3,(H,19,23). The normalized spacial score (nSPS) is 15.5. The maximum absolute atomic E-state index is 12.3. The van der Waals surface area contributed by atoms with Crippen molar-refractivity contribution < 1.29 is 9.32 Å². The Morgan fingerprint density at radius 1 is 1.29 bits per heavy atom. The first-order valence-corrected chi connectivity index (χ1v) is 8.40. The van der Waals surface area contributed by atoms with Gasteiger partial charge in [0.25, 0.3) is 0 Å². The van der Waals surface area contributed by atoms with Gasteiger partial charge in [-0.25, -0.2) is 4.79 Å². The van der Waals surface area contributed by atoms with Gasteiger partial charge in [0, 0.05) is 43.8 Å². The second-order valence-corrected chi connectivity index (χ2v) is 6.42. The number of carbonyl (C=O) groups is 1. The second kappa shape index (κ2) is 7.68. The summed E-state index contributed by atoms with van der Waals surface area (Å²) >= 11 is 5.95. The van der Waals surface area contributed by atoms with Crippen LogP contribution in [-0.2, 0) is 13.1 Å². The number of aromatic nitrogens is 1. The molecule has 0 radical (unpaired) electrons. The van der Waals surface area contributed by atoms with Gasteiger partial charge in [-0.3, -0.25) is 4.90 Å². The van der Waals surface area contributed by atoms with Gasteiger partial charge in [0.15, 0.2) is 5.76 Å². The van der Waals surface area contributed by atoms with Gasteiger partial charge < -0.3 is 14.7 Å². The zero-order valence-corrected chi connectivity index (χ0v) is 14.4. The van der Waals surface area contributed by atoms with Gasteiger partial charge in [-0.15, -0.1) is 0 Å². The molecule has 0 aliphatic carbocycles. The lowest BCUT2D eigenvalue weighted by Gasteiger charge is -2.34. The Bertz CT molecular complexity index is 695. The number of nitrogens with zero attached hydrogens (tertiary/aromatic N) is 3. The zero-order valence-electron chi connectivity index (χ0n) is 13.7. The summed E-state index contributed by atoms with van der Waals surface area (Å²) in [5.41, 5.74) is 1.89.